The van der Waals surface area contributed by atoms with Crippen LogP contribution in [-0.4, -0.2) is 14.0 Å². The first-order chi connectivity index (χ1) is 7.66. The van der Waals surface area contributed by atoms with Crippen molar-refractivity contribution in [3.8, 4) is 5.75 Å². The van der Waals surface area contributed by atoms with Gasteiger partial charge >= 0.3 is 0 Å². The molecule has 0 N–H and O–H groups in total. The maximum atomic E-state index is 11.1. The monoisotopic (exact) mass is 338 g/mol. The van der Waals surface area contributed by atoms with Crippen molar-refractivity contribution in [2.45, 2.75) is 31.6 Å². The average Bonchev–Trinajstić information content (AvgIpc) is 2.36. The fourth-order valence-electron chi connectivity index (χ4n) is 2.01. The molecule has 0 spiro atoms. The van der Waals surface area contributed by atoms with Crippen LogP contribution in [-0.2, 0) is 21.2 Å². The maximum Gasteiger partial charge on any atom is 0.236 e. The average molecular weight is 340 g/mol. The smallest absolute Gasteiger partial charge is 0.236 e. The second kappa shape index (κ2) is 4.14. The maximum absolute atomic E-state index is 11.1. The van der Waals surface area contributed by atoms with Gasteiger partial charge in [-0.15, -0.1) is 0 Å². The number of hydrogen-bond donors (Lipinski definition) is 0. The summed E-state index contributed by atoms with van der Waals surface area (Å²) in [7, 11) is 1.72. The summed E-state index contributed by atoms with van der Waals surface area (Å²) >= 11 is 3.39. The summed E-state index contributed by atoms with van der Waals surface area (Å²) in [5.74, 6) is 0.631. The topological polar surface area (TPSA) is 43.4 Å². The van der Waals surface area contributed by atoms with Gasteiger partial charge in [0.05, 0.1) is 10.2 Å². The van der Waals surface area contributed by atoms with Crippen molar-refractivity contribution in [2.24, 2.45) is 0 Å². The number of hydrogen-bond acceptors (Lipinski definition) is 3. The molecule has 17 heavy (non-hydrogen) atoms. The van der Waals surface area contributed by atoms with Crippen LogP contribution in [0, 0.1) is 0 Å². The van der Waals surface area contributed by atoms with E-state index in [2.05, 4.69) is 15.9 Å². The van der Waals surface area contributed by atoms with Crippen molar-refractivity contribution in [1.29, 1.82) is 0 Å². The Kier molecular flexibility index (Phi) is 3.21. The molecular formula is C11H12BrClO3S. The summed E-state index contributed by atoms with van der Waals surface area (Å²) in [6.07, 6.45) is 0.761. The van der Waals surface area contributed by atoms with Gasteiger partial charge in [-0.25, -0.2) is 8.42 Å². The van der Waals surface area contributed by atoms with E-state index < -0.39 is 9.05 Å². The van der Waals surface area contributed by atoms with E-state index in [1.54, 1.807) is 6.07 Å². The number of benzene rings is 1. The lowest BCUT2D eigenvalue weighted by molar-refractivity contribution is 0.137. The minimum absolute atomic E-state index is 0.166. The zero-order valence-corrected chi connectivity index (χ0v) is 12.6. The van der Waals surface area contributed by atoms with Gasteiger partial charge in [0.15, 0.2) is 0 Å². The molecule has 0 amide bonds. The van der Waals surface area contributed by atoms with E-state index in [0.29, 0.717) is 5.56 Å². The first-order valence-electron chi connectivity index (χ1n) is 5.09. The van der Waals surface area contributed by atoms with Crippen LogP contribution in [0.1, 0.15) is 25.0 Å². The summed E-state index contributed by atoms with van der Waals surface area (Å²) in [6.45, 7) is 3.99. The molecule has 1 aromatic rings. The zero-order valence-electron chi connectivity index (χ0n) is 9.46. The van der Waals surface area contributed by atoms with Crippen LogP contribution in [0.2, 0.25) is 0 Å². The lowest BCUT2D eigenvalue weighted by Gasteiger charge is -2.17. The van der Waals surface area contributed by atoms with E-state index in [1.807, 2.05) is 19.9 Å². The van der Waals surface area contributed by atoms with Crippen molar-refractivity contribution >= 4 is 35.7 Å². The van der Waals surface area contributed by atoms with E-state index in [0.717, 1.165) is 22.2 Å². The molecule has 1 aliphatic heterocycles. The molecule has 3 nitrogen and oxygen atoms in total. The van der Waals surface area contributed by atoms with Crippen molar-refractivity contribution < 1.29 is 13.2 Å². The van der Waals surface area contributed by atoms with Crippen LogP contribution < -0.4 is 4.74 Å². The molecule has 94 valence electrons. The lowest BCUT2D eigenvalue weighted by Crippen LogP contribution is -2.24. The Morgan fingerprint density at radius 1 is 1.47 bits per heavy atom. The lowest BCUT2D eigenvalue weighted by atomic mass is 10.0. The minimum Gasteiger partial charge on any atom is -0.486 e. The molecule has 0 fully saturated rings. The third kappa shape index (κ3) is 3.14. The van der Waals surface area contributed by atoms with Gasteiger partial charge in [-0.2, -0.15) is 0 Å². The Hall–Kier alpha value is -0.260. The molecule has 0 aromatic heterocycles. The summed E-state index contributed by atoms with van der Waals surface area (Å²) in [6, 6.07) is 3.58. The Bertz CT molecular complexity index is 566. The first-order valence-corrected chi connectivity index (χ1v) is 8.36. The Balaban J connectivity index is 2.41. The highest BCUT2D eigenvalue weighted by atomic mass is 79.9. The molecule has 1 heterocycles. The van der Waals surface area contributed by atoms with Crippen molar-refractivity contribution in [3.63, 3.8) is 0 Å². The van der Waals surface area contributed by atoms with E-state index >= 15 is 0 Å². The van der Waals surface area contributed by atoms with Crippen LogP contribution in [0.15, 0.2) is 16.6 Å². The summed E-state index contributed by atoms with van der Waals surface area (Å²) in [5, 5.41) is 0. The molecule has 0 saturated carbocycles. The molecule has 0 atom stereocenters. The van der Waals surface area contributed by atoms with Crippen LogP contribution in [0.5, 0.6) is 5.75 Å². The van der Waals surface area contributed by atoms with Gasteiger partial charge in [-0.3, -0.25) is 0 Å². The molecule has 2 rings (SSSR count). The van der Waals surface area contributed by atoms with Crippen LogP contribution in [0.25, 0.3) is 0 Å². The first kappa shape index (κ1) is 13.2. The Morgan fingerprint density at radius 3 is 2.71 bits per heavy atom. The van der Waals surface area contributed by atoms with Crippen LogP contribution >= 0.6 is 26.6 Å². The number of ether oxygens (including phenoxy) is 1. The Labute approximate surface area is 114 Å². The standard InChI is InChI=1S/C11H12BrClO3S/c1-11(2)5-8-3-7(6-17(13,14)15)4-9(12)10(8)16-11/h3-4H,5-6H2,1-2H3. The van der Waals surface area contributed by atoms with Gasteiger partial charge in [0.2, 0.25) is 9.05 Å². The van der Waals surface area contributed by atoms with Gasteiger partial charge in [0.25, 0.3) is 0 Å². The zero-order chi connectivity index (χ0) is 12.8. The van der Waals surface area contributed by atoms with Gasteiger partial charge in [-0.1, -0.05) is 6.07 Å². The fourth-order valence-corrected chi connectivity index (χ4v) is 3.58. The van der Waals surface area contributed by atoms with E-state index in [-0.39, 0.29) is 11.4 Å². The highest BCUT2D eigenvalue weighted by Crippen LogP contribution is 2.41. The molecule has 1 aromatic carbocycles. The number of halogens is 2. The predicted molar refractivity (Wildman–Crippen MR) is 71.0 cm³/mol. The van der Waals surface area contributed by atoms with Crippen LogP contribution in [0.4, 0.5) is 0 Å². The fraction of sp³-hybridized carbons (Fsp3) is 0.455. The number of fused-ring (bicyclic) bond motifs is 1. The van der Waals surface area contributed by atoms with Gasteiger partial charge < -0.3 is 4.74 Å². The molecule has 0 bridgehead atoms. The molecule has 6 heteroatoms. The highest BCUT2D eigenvalue weighted by Gasteiger charge is 2.32. The summed E-state index contributed by atoms with van der Waals surface area (Å²) < 4.78 is 28.7. The van der Waals surface area contributed by atoms with Gasteiger partial charge in [0, 0.05) is 17.1 Å². The second-order valence-electron chi connectivity index (χ2n) is 4.79. The highest BCUT2D eigenvalue weighted by molar-refractivity contribution is 9.10. The van der Waals surface area contributed by atoms with E-state index in [9.17, 15) is 8.42 Å². The quantitative estimate of drug-likeness (QED) is 0.777. The number of rotatable bonds is 2. The Morgan fingerprint density at radius 2 is 2.12 bits per heavy atom. The molecule has 0 saturated heterocycles. The third-order valence-corrected chi connectivity index (χ3v) is 4.11. The third-order valence-electron chi connectivity index (χ3n) is 2.51. The summed E-state index contributed by atoms with van der Waals surface area (Å²) in [4.78, 5) is 0. The normalized spacial score (nSPS) is 17.6. The van der Waals surface area contributed by atoms with E-state index in [1.165, 1.54) is 0 Å². The summed E-state index contributed by atoms with van der Waals surface area (Å²) in [5.41, 5.74) is 1.44. The van der Waals surface area contributed by atoms with E-state index in [4.69, 9.17) is 15.4 Å². The van der Waals surface area contributed by atoms with Gasteiger partial charge in [-0.05, 0) is 47.0 Å². The molecule has 0 radical (unpaired) electrons. The van der Waals surface area contributed by atoms with Crippen molar-refractivity contribution in [2.75, 3.05) is 0 Å². The van der Waals surface area contributed by atoms with Crippen molar-refractivity contribution in [3.05, 3.63) is 27.7 Å². The molecule has 1 aliphatic rings. The van der Waals surface area contributed by atoms with Gasteiger partial charge in [0.1, 0.15) is 11.4 Å². The SMILES string of the molecule is CC1(C)Cc2cc(CS(=O)(=O)Cl)cc(Br)c2O1. The molecule has 0 unspecified atom stereocenters. The largest absolute Gasteiger partial charge is 0.486 e. The van der Waals surface area contributed by atoms with Crippen molar-refractivity contribution in [1.82, 2.24) is 0 Å². The molecule has 0 aliphatic carbocycles. The van der Waals surface area contributed by atoms with Crippen LogP contribution in [0.3, 0.4) is 0 Å². The predicted octanol–water partition coefficient (Wildman–Crippen LogP) is 3.23. The molecular weight excluding hydrogens is 328 g/mol. The second-order valence-corrected chi connectivity index (χ2v) is 8.42. The minimum atomic E-state index is -3.53.